The molecule has 0 radical (unpaired) electrons. The number of phosphoric acid groups is 1. The fourth-order valence-corrected chi connectivity index (χ4v) is 3.92. The monoisotopic (exact) mass is 344 g/mol. The summed E-state index contributed by atoms with van der Waals surface area (Å²) in [5, 5.41) is 0. The second-order valence-corrected chi connectivity index (χ2v) is 8.24. The van der Waals surface area contributed by atoms with E-state index in [-0.39, 0.29) is 18.9 Å². The Morgan fingerprint density at radius 3 is 2.62 bits per heavy atom. The zero-order chi connectivity index (χ0) is 15.9. The smallest absolute Gasteiger partial charge is 0.353 e. The minimum atomic E-state index is -4.96. The molecule has 0 spiro atoms. The van der Waals surface area contributed by atoms with Gasteiger partial charge in [-0.1, -0.05) is 11.6 Å². The first-order valence-electron chi connectivity index (χ1n) is 6.65. The normalized spacial score (nSPS) is 23.8. The number of hydrogen-bond donors (Lipinski definition) is 3. The molecule has 1 fully saturated rings. The van der Waals surface area contributed by atoms with Crippen molar-refractivity contribution in [1.29, 1.82) is 0 Å². The highest BCUT2D eigenvalue weighted by atomic mass is 31.3. The highest BCUT2D eigenvalue weighted by Crippen LogP contribution is 2.57. The van der Waals surface area contributed by atoms with Gasteiger partial charge in [0.2, 0.25) is 0 Å². The van der Waals surface area contributed by atoms with Gasteiger partial charge >= 0.3 is 15.4 Å². The summed E-state index contributed by atoms with van der Waals surface area (Å²) in [6.45, 7) is 2.84. The molecule has 0 amide bonds. The Morgan fingerprint density at radius 1 is 1.33 bits per heavy atom. The molecule has 21 heavy (non-hydrogen) atoms. The van der Waals surface area contributed by atoms with Crippen molar-refractivity contribution >= 4 is 15.4 Å². The molecule has 0 aliphatic carbocycles. The lowest BCUT2D eigenvalue weighted by atomic mass is 10.2. The van der Waals surface area contributed by atoms with Crippen LogP contribution in [0.2, 0.25) is 0 Å². The predicted octanol–water partition coefficient (Wildman–Crippen LogP) is 2.16. The van der Waals surface area contributed by atoms with E-state index < -0.39 is 15.4 Å². The molecule has 1 aliphatic rings. The Kier molecular flexibility index (Phi) is 7.74. The molecule has 8 nitrogen and oxygen atoms in total. The van der Waals surface area contributed by atoms with Crippen LogP contribution in [0, 0.1) is 0 Å². The Bertz CT molecular complexity index is 438. The molecule has 2 unspecified atom stereocenters. The van der Waals surface area contributed by atoms with Gasteiger partial charge in [-0.05, 0) is 32.6 Å². The first-order valence-corrected chi connectivity index (χ1v) is 9.95. The van der Waals surface area contributed by atoms with E-state index in [0.717, 1.165) is 24.8 Å². The van der Waals surface area contributed by atoms with Crippen LogP contribution in [0.15, 0.2) is 11.6 Å². The molecular weight excluding hydrogens is 322 g/mol. The number of hydrogen-bond acceptors (Lipinski definition) is 5. The Labute approximate surface area is 123 Å². The number of allylic oxidation sites excluding steroid dienone is 1. The van der Waals surface area contributed by atoms with Crippen molar-refractivity contribution < 1.29 is 37.6 Å². The molecule has 10 heteroatoms. The standard InChI is InChI=1S/C11H22O8P2/c1-10(9-18-11-6-2-3-7-17-11)5-4-8-20(12,13)19-21(14,15)16/h5,11H,2-4,6-9H2,1H3,(H,12,13)(H2,14,15,16)/b10-5-. The third kappa shape index (κ3) is 9.55. The minimum Gasteiger partial charge on any atom is -0.353 e. The molecule has 0 aromatic heterocycles. The SMILES string of the molecule is C/C(=C/CCP(=O)(O)OP(=O)(O)O)COC1CCCCO1. The molecule has 0 aromatic carbocycles. The summed E-state index contributed by atoms with van der Waals surface area (Å²) < 4.78 is 36.7. The lowest BCUT2D eigenvalue weighted by molar-refractivity contribution is -0.156. The summed E-state index contributed by atoms with van der Waals surface area (Å²) >= 11 is 0. The van der Waals surface area contributed by atoms with Gasteiger partial charge in [0.1, 0.15) is 0 Å². The molecule has 3 N–H and O–H groups in total. The third-order valence-electron chi connectivity index (χ3n) is 2.77. The lowest BCUT2D eigenvalue weighted by Crippen LogP contribution is -2.22. The highest BCUT2D eigenvalue weighted by Gasteiger charge is 2.29. The van der Waals surface area contributed by atoms with E-state index in [2.05, 4.69) is 4.31 Å². The van der Waals surface area contributed by atoms with E-state index in [4.69, 9.17) is 19.3 Å². The maximum absolute atomic E-state index is 11.4. The van der Waals surface area contributed by atoms with Crippen LogP contribution in [0.3, 0.4) is 0 Å². The van der Waals surface area contributed by atoms with E-state index in [0.29, 0.717) is 13.2 Å². The van der Waals surface area contributed by atoms with Crippen molar-refractivity contribution in [3.8, 4) is 0 Å². The molecule has 1 heterocycles. The quantitative estimate of drug-likeness (QED) is 0.452. The molecule has 0 bridgehead atoms. The van der Waals surface area contributed by atoms with Crippen LogP contribution < -0.4 is 0 Å². The van der Waals surface area contributed by atoms with Crippen molar-refractivity contribution in [2.75, 3.05) is 19.4 Å². The summed E-state index contributed by atoms with van der Waals surface area (Å²) in [5.41, 5.74) is 0.848. The number of rotatable bonds is 8. The lowest BCUT2D eigenvalue weighted by Gasteiger charge is -2.22. The fourth-order valence-electron chi connectivity index (χ4n) is 1.81. The second-order valence-electron chi connectivity index (χ2n) is 4.88. The molecule has 0 aromatic rings. The highest BCUT2D eigenvalue weighted by molar-refractivity contribution is 7.63. The molecule has 1 aliphatic heterocycles. The van der Waals surface area contributed by atoms with E-state index in [9.17, 15) is 14.0 Å². The fraction of sp³-hybridized carbons (Fsp3) is 0.818. The average molecular weight is 344 g/mol. The summed E-state index contributed by atoms with van der Waals surface area (Å²) in [6, 6.07) is 0. The van der Waals surface area contributed by atoms with Gasteiger partial charge in [-0.3, -0.25) is 4.57 Å². The van der Waals surface area contributed by atoms with Crippen molar-refractivity contribution in [3.63, 3.8) is 0 Å². The maximum atomic E-state index is 11.4. The number of ether oxygens (including phenoxy) is 2. The maximum Gasteiger partial charge on any atom is 0.476 e. The van der Waals surface area contributed by atoms with Crippen molar-refractivity contribution in [3.05, 3.63) is 11.6 Å². The third-order valence-corrected chi connectivity index (χ3v) is 5.47. The Morgan fingerprint density at radius 2 is 2.05 bits per heavy atom. The zero-order valence-corrected chi connectivity index (χ0v) is 13.7. The van der Waals surface area contributed by atoms with Crippen LogP contribution in [0.4, 0.5) is 0 Å². The first kappa shape index (κ1) is 19.0. The summed E-state index contributed by atoms with van der Waals surface area (Å²) in [6.07, 6.45) is 4.23. The van der Waals surface area contributed by atoms with Crippen LogP contribution in [0.1, 0.15) is 32.6 Å². The van der Waals surface area contributed by atoms with Crippen LogP contribution in [-0.2, 0) is 22.9 Å². The van der Waals surface area contributed by atoms with Gasteiger partial charge in [-0.15, -0.1) is 0 Å². The van der Waals surface area contributed by atoms with E-state index in [1.807, 2.05) is 0 Å². The summed E-state index contributed by atoms with van der Waals surface area (Å²) in [4.78, 5) is 26.3. The van der Waals surface area contributed by atoms with Gasteiger partial charge in [0, 0.05) is 6.61 Å². The molecule has 1 rings (SSSR count). The summed E-state index contributed by atoms with van der Waals surface area (Å²) in [7, 11) is -9.25. The molecular formula is C11H22O8P2. The molecule has 1 saturated heterocycles. The largest absolute Gasteiger partial charge is 0.476 e. The molecule has 0 saturated carbocycles. The van der Waals surface area contributed by atoms with Crippen molar-refractivity contribution in [1.82, 2.24) is 0 Å². The zero-order valence-electron chi connectivity index (χ0n) is 11.9. The van der Waals surface area contributed by atoms with Crippen molar-refractivity contribution in [2.24, 2.45) is 0 Å². The van der Waals surface area contributed by atoms with Gasteiger partial charge in [0.15, 0.2) is 6.29 Å². The topological polar surface area (TPSA) is 123 Å². The van der Waals surface area contributed by atoms with Gasteiger partial charge in [0.05, 0.1) is 12.8 Å². The van der Waals surface area contributed by atoms with E-state index in [1.165, 1.54) is 0 Å². The summed E-state index contributed by atoms with van der Waals surface area (Å²) in [5.74, 6) is 0. The van der Waals surface area contributed by atoms with Crippen LogP contribution in [-0.4, -0.2) is 40.3 Å². The van der Waals surface area contributed by atoms with E-state index in [1.54, 1.807) is 13.0 Å². The minimum absolute atomic E-state index is 0.161. The van der Waals surface area contributed by atoms with Crippen LogP contribution in [0.5, 0.6) is 0 Å². The van der Waals surface area contributed by atoms with Crippen molar-refractivity contribution in [2.45, 2.75) is 38.9 Å². The van der Waals surface area contributed by atoms with Gasteiger partial charge < -0.3 is 24.2 Å². The van der Waals surface area contributed by atoms with Gasteiger partial charge in [0.25, 0.3) is 0 Å². The van der Waals surface area contributed by atoms with Gasteiger partial charge in [-0.25, -0.2) is 8.88 Å². The first-order chi connectivity index (χ1) is 9.68. The Balaban J connectivity index is 2.28. The van der Waals surface area contributed by atoms with Crippen LogP contribution in [0.25, 0.3) is 0 Å². The van der Waals surface area contributed by atoms with Crippen LogP contribution >= 0.6 is 15.4 Å². The predicted molar refractivity (Wildman–Crippen MR) is 75.7 cm³/mol. The molecule has 124 valence electrons. The second kappa shape index (κ2) is 8.56. The van der Waals surface area contributed by atoms with E-state index >= 15 is 0 Å². The van der Waals surface area contributed by atoms with Gasteiger partial charge in [-0.2, -0.15) is 0 Å². The molecule has 2 atom stereocenters. The Hall–Kier alpha value is -0.0400. The average Bonchev–Trinajstić information content (AvgIpc) is 2.34.